The van der Waals surface area contributed by atoms with E-state index < -0.39 is 0 Å². The summed E-state index contributed by atoms with van der Waals surface area (Å²) in [5.41, 5.74) is 0.349. The van der Waals surface area contributed by atoms with Gasteiger partial charge in [0.15, 0.2) is 5.16 Å². The van der Waals surface area contributed by atoms with Gasteiger partial charge in [-0.15, -0.1) is 0 Å². The van der Waals surface area contributed by atoms with Crippen LogP contribution in [0, 0.1) is 5.41 Å². The molecule has 1 aromatic heterocycles. The van der Waals surface area contributed by atoms with E-state index in [1.807, 2.05) is 12.3 Å². The second kappa shape index (κ2) is 6.66. The molecule has 112 valence electrons. The van der Waals surface area contributed by atoms with E-state index in [9.17, 15) is 0 Å². The minimum absolute atomic E-state index is 0.349. The molecule has 2 N–H and O–H groups in total. The van der Waals surface area contributed by atoms with Crippen molar-refractivity contribution in [3.05, 3.63) is 6.07 Å². The fraction of sp³-hybridized carbons (Fsp3) is 0.733. The van der Waals surface area contributed by atoms with Gasteiger partial charge in [-0.1, -0.05) is 39.0 Å². The summed E-state index contributed by atoms with van der Waals surface area (Å²) in [6.07, 6.45) is 6.92. The van der Waals surface area contributed by atoms with Gasteiger partial charge >= 0.3 is 0 Å². The Bertz CT molecular complexity index is 447. The van der Waals surface area contributed by atoms with Crippen molar-refractivity contribution in [3.63, 3.8) is 0 Å². The second-order valence-electron chi connectivity index (χ2n) is 6.13. The molecule has 1 aromatic rings. The molecule has 1 heterocycles. The van der Waals surface area contributed by atoms with Crippen molar-refractivity contribution in [1.29, 1.82) is 0 Å². The summed E-state index contributed by atoms with van der Waals surface area (Å²) in [5.74, 6) is 1.87. The first-order valence-electron chi connectivity index (χ1n) is 7.48. The van der Waals surface area contributed by atoms with Crippen LogP contribution in [-0.2, 0) is 0 Å². The predicted molar refractivity (Wildman–Crippen MR) is 87.6 cm³/mol. The largest absolute Gasteiger partial charge is 0.370 e. The van der Waals surface area contributed by atoms with Crippen LogP contribution in [0.1, 0.15) is 46.5 Å². The van der Waals surface area contributed by atoms with E-state index in [4.69, 9.17) is 0 Å². The van der Waals surface area contributed by atoms with Crippen LogP contribution in [0.5, 0.6) is 0 Å². The highest BCUT2D eigenvalue weighted by atomic mass is 32.2. The van der Waals surface area contributed by atoms with Gasteiger partial charge in [-0.2, -0.15) is 0 Å². The third kappa shape index (κ3) is 3.78. The lowest BCUT2D eigenvalue weighted by Gasteiger charge is -2.28. The van der Waals surface area contributed by atoms with Crippen LogP contribution in [0.15, 0.2) is 11.2 Å². The third-order valence-electron chi connectivity index (χ3n) is 4.02. The molecule has 0 radical (unpaired) electrons. The molecule has 0 saturated heterocycles. The van der Waals surface area contributed by atoms with E-state index in [2.05, 4.69) is 41.4 Å². The SMILES string of the molecule is CCCNc1cc(NC2CCCC2(C)C)nc(SC)n1. The topological polar surface area (TPSA) is 49.8 Å². The van der Waals surface area contributed by atoms with Gasteiger partial charge in [-0.3, -0.25) is 0 Å². The molecule has 1 unspecified atom stereocenters. The highest BCUT2D eigenvalue weighted by Crippen LogP contribution is 2.39. The highest BCUT2D eigenvalue weighted by molar-refractivity contribution is 7.98. The number of rotatable bonds is 6. The van der Waals surface area contributed by atoms with Gasteiger partial charge in [0.1, 0.15) is 11.6 Å². The van der Waals surface area contributed by atoms with Crippen molar-refractivity contribution >= 4 is 23.4 Å². The average molecular weight is 294 g/mol. The quantitative estimate of drug-likeness (QED) is 0.613. The molecule has 0 spiro atoms. The number of nitrogens with one attached hydrogen (secondary N) is 2. The van der Waals surface area contributed by atoms with Gasteiger partial charge in [0.25, 0.3) is 0 Å². The molecule has 0 aromatic carbocycles. The first-order chi connectivity index (χ1) is 9.55. The fourth-order valence-corrected chi connectivity index (χ4v) is 3.09. The summed E-state index contributed by atoms with van der Waals surface area (Å²) in [6, 6.07) is 2.54. The number of anilines is 2. The van der Waals surface area contributed by atoms with E-state index in [1.54, 1.807) is 11.8 Å². The summed E-state index contributed by atoms with van der Waals surface area (Å²) in [6.45, 7) is 7.78. The van der Waals surface area contributed by atoms with Crippen molar-refractivity contribution in [2.24, 2.45) is 5.41 Å². The molecule has 1 fully saturated rings. The Kier molecular flexibility index (Phi) is 5.13. The first kappa shape index (κ1) is 15.4. The van der Waals surface area contributed by atoms with Gasteiger partial charge in [0, 0.05) is 18.7 Å². The molecular weight excluding hydrogens is 268 g/mol. The Hall–Kier alpha value is -0.970. The van der Waals surface area contributed by atoms with Crippen LogP contribution in [0.4, 0.5) is 11.6 Å². The molecule has 5 heteroatoms. The van der Waals surface area contributed by atoms with Crippen LogP contribution in [0.2, 0.25) is 0 Å². The van der Waals surface area contributed by atoms with Gasteiger partial charge in [-0.25, -0.2) is 9.97 Å². The molecule has 1 saturated carbocycles. The standard InChI is InChI=1S/C15H26N4S/c1-5-9-16-12-10-13(19-14(18-12)20-4)17-11-7-6-8-15(11,2)3/h10-11H,5-9H2,1-4H3,(H2,16,17,18,19). The van der Waals surface area contributed by atoms with E-state index in [-0.39, 0.29) is 0 Å². The van der Waals surface area contributed by atoms with E-state index in [0.717, 1.165) is 29.8 Å². The molecule has 1 aliphatic carbocycles. The van der Waals surface area contributed by atoms with Crippen LogP contribution in [0.3, 0.4) is 0 Å². The summed E-state index contributed by atoms with van der Waals surface area (Å²) in [4.78, 5) is 9.09. The van der Waals surface area contributed by atoms with Crippen molar-refractivity contribution in [2.45, 2.75) is 57.7 Å². The molecule has 2 rings (SSSR count). The maximum atomic E-state index is 4.59. The normalized spacial score (nSPS) is 20.9. The zero-order valence-corrected chi connectivity index (χ0v) is 13.8. The Morgan fingerprint density at radius 2 is 2.10 bits per heavy atom. The lowest BCUT2D eigenvalue weighted by molar-refractivity contribution is 0.349. The molecule has 0 aliphatic heterocycles. The van der Waals surface area contributed by atoms with Crippen LogP contribution < -0.4 is 10.6 Å². The maximum absolute atomic E-state index is 4.59. The van der Waals surface area contributed by atoms with Gasteiger partial charge < -0.3 is 10.6 Å². The van der Waals surface area contributed by atoms with Gasteiger partial charge in [0.05, 0.1) is 0 Å². The lowest BCUT2D eigenvalue weighted by Crippen LogP contribution is -2.31. The Morgan fingerprint density at radius 1 is 1.35 bits per heavy atom. The number of hydrogen-bond donors (Lipinski definition) is 2. The summed E-state index contributed by atoms with van der Waals surface area (Å²) >= 11 is 1.59. The zero-order valence-electron chi connectivity index (χ0n) is 13.0. The monoisotopic (exact) mass is 294 g/mol. The third-order valence-corrected chi connectivity index (χ3v) is 4.57. The Morgan fingerprint density at radius 3 is 2.70 bits per heavy atom. The minimum atomic E-state index is 0.349. The Labute approximate surface area is 126 Å². The molecule has 1 atom stereocenters. The fourth-order valence-electron chi connectivity index (χ4n) is 2.71. The first-order valence-corrected chi connectivity index (χ1v) is 8.71. The van der Waals surface area contributed by atoms with Gasteiger partial charge in [-0.05, 0) is 30.9 Å². The minimum Gasteiger partial charge on any atom is -0.370 e. The molecule has 20 heavy (non-hydrogen) atoms. The van der Waals surface area contributed by atoms with Crippen LogP contribution >= 0.6 is 11.8 Å². The summed E-state index contributed by atoms with van der Waals surface area (Å²) < 4.78 is 0. The van der Waals surface area contributed by atoms with E-state index >= 15 is 0 Å². The number of thioether (sulfide) groups is 1. The van der Waals surface area contributed by atoms with E-state index in [0.29, 0.717) is 11.5 Å². The molecule has 4 nitrogen and oxygen atoms in total. The van der Waals surface area contributed by atoms with E-state index in [1.165, 1.54) is 19.3 Å². The molecule has 0 amide bonds. The second-order valence-corrected chi connectivity index (χ2v) is 6.90. The predicted octanol–water partition coefficient (Wildman–Crippen LogP) is 4.01. The average Bonchev–Trinajstić information content (AvgIpc) is 2.75. The molecule has 0 bridgehead atoms. The van der Waals surface area contributed by atoms with Crippen molar-refractivity contribution in [1.82, 2.24) is 9.97 Å². The lowest BCUT2D eigenvalue weighted by atomic mass is 9.87. The number of hydrogen-bond acceptors (Lipinski definition) is 5. The number of aromatic nitrogens is 2. The molecule has 1 aliphatic rings. The van der Waals surface area contributed by atoms with Crippen molar-refractivity contribution in [3.8, 4) is 0 Å². The zero-order chi connectivity index (χ0) is 14.6. The van der Waals surface area contributed by atoms with Crippen molar-refractivity contribution < 1.29 is 0 Å². The van der Waals surface area contributed by atoms with Crippen LogP contribution in [-0.4, -0.2) is 28.8 Å². The van der Waals surface area contributed by atoms with Crippen molar-refractivity contribution in [2.75, 3.05) is 23.4 Å². The smallest absolute Gasteiger partial charge is 0.191 e. The van der Waals surface area contributed by atoms with Crippen LogP contribution in [0.25, 0.3) is 0 Å². The van der Waals surface area contributed by atoms with Gasteiger partial charge in [0.2, 0.25) is 0 Å². The molecular formula is C15H26N4S. The highest BCUT2D eigenvalue weighted by Gasteiger charge is 2.34. The summed E-state index contributed by atoms with van der Waals surface area (Å²) in [5, 5.41) is 7.79. The maximum Gasteiger partial charge on any atom is 0.191 e. The summed E-state index contributed by atoms with van der Waals surface area (Å²) in [7, 11) is 0. The Balaban J connectivity index is 2.13. The number of nitrogens with zero attached hydrogens (tertiary/aromatic N) is 2.